The third-order valence-corrected chi connectivity index (χ3v) is 5.51. The van der Waals surface area contributed by atoms with Crippen molar-refractivity contribution in [2.24, 2.45) is 0 Å². The molecular weight excluding hydrogens is 534 g/mol. The van der Waals surface area contributed by atoms with Crippen molar-refractivity contribution in [3.05, 3.63) is 71.4 Å². The first-order valence-corrected chi connectivity index (χ1v) is 11.9. The van der Waals surface area contributed by atoms with E-state index in [2.05, 4.69) is 30.2 Å². The number of ether oxygens (including phenoxy) is 2. The van der Waals surface area contributed by atoms with Crippen LogP contribution in [0.2, 0.25) is 0 Å². The van der Waals surface area contributed by atoms with E-state index in [1.165, 1.54) is 31.2 Å². The maximum atomic E-state index is 13.1. The van der Waals surface area contributed by atoms with E-state index in [0.29, 0.717) is 6.42 Å². The van der Waals surface area contributed by atoms with Gasteiger partial charge in [0.1, 0.15) is 11.5 Å². The molecule has 0 bridgehead atoms. The number of carbonyl (C=O) groups excluding carboxylic acids is 1. The second-order valence-electron chi connectivity index (χ2n) is 8.55. The second-order valence-corrected chi connectivity index (χ2v) is 8.55. The zero-order valence-corrected chi connectivity index (χ0v) is 20.9. The summed E-state index contributed by atoms with van der Waals surface area (Å²) in [7, 11) is 0. The normalized spacial score (nSPS) is 12.2. The van der Waals surface area contributed by atoms with Crippen LogP contribution in [-0.2, 0) is 12.0 Å². The number of alkyl halides is 6. The fraction of sp³-hybridized carbons (Fsp3) is 0.400. The number of rotatable bonds is 11. The van der Waals surface area contributed by atoms with Crippen LogP contribution in [-0.4, -0.2) is 35.4 Å². The molecule has 1 aromatic heterocycles. The summed E-state index contributed by atoms with van der Waals surface area (Å²) in [5, 5.41) is 9.23. The summed E-state index contributed by atoms with van der Waals surface area (Å²) >= 11 is 0. The number of nitrogens with zero attached hydrogens (tertiary/aromatic N) is 2. The number of nitrogens with one attached hydrogen (secondary N) is 2. The number of hydrogen-bond donors (Lipinski definition) is 2. The predicted molar refractivity (Wildman–Crippen MR) is 126 cm³/mol. The maximum Gasteiger partial charge on any atom is 0.573 e. The maximum absolute atomic E-state index is 13.1. The van der Waals surface area contributed by atoms with E-state index < -0.39 is 35.8 Å². The molecule has 0 unspecified atom stereocenters. The molecule has 0 saturated carbocycles. The number of aromatic nitrogens is 2. The highest BCUT2D eigenvalue weighted by Crippen LogP contribution is 2.38. The van der Waals surface area contributed by atoms with Crippen molar-refractivity contribution in [3.8, 4) is 11.5 Å². The SMILES string of the molecule is CCCCCNC(=O)NC(Cc1noc(C)n1)(c1cccc(OC(F)(F)F)c1)c1cccc(OC(F)(F)F)c1. The highest BCUT2D eigenvalue weighted by atomic mass is 19.4. The fourth-order valence-corrected chi connectivity index (χ4v) is 3.94. The molecule has 2 amide bonds. The van der Waals surface area contributed by atoms with E-state index >= 15 is 0 Å². The van der Waals surface area contributed by atoms with Gasteiger partial charge in [-0.25, -0.2) is 4.79 Å². The lowest BCUT2D eigenvalue weighted by Gasteiger charge is -2.35. The summed E-state index contributed by atoms with van der Waals surface area (Å²) in [5.41, 5.74) is -1.71. The Morgan fingerprint density at radius 3 is 1.95 bits per heavy atom. The van der Waals surface area contributed by atoms with Gasteiger partial charge in [0.2, 0.25) is 5.89 Å². The molecule has 3 aromatic rings. The van der Waals surface area contributed by atoms with Gasteiger partial charge >= 0.3 is 18.8 Å². The van der Waals surface area contributed by atoms with E-state index in [-0.39, 0.29) is 35.8 Å². The molecule has 14 heteroatoms. The van der Waals surface area contributed by atoms with Gasteiger partial charge in [0.15, 0.2) is 5.82 Å². The number of halogens is 6. The molecule has 3 rings (SSSR count). The van der Waals surface area contributed by atoms with Gasteiger partial charge in [0, 0.05) is 19.9 Å². The van der Waals surface area contributed by atoms with Gasteiger partial charge in [-0.05, 0) is 41.8 Å². The van der Waals surface area contributed by atoms with Crippen molar-refractivity contribution >= 4 is 6.03 Å². The van der Waals surface area contributed by atoms with Gasteiger partial charge in [-0.2, -0.15) is 4.98 Å². The van der Waals surface area contributed by atoms with Gasteiger partial charge in [-0.15, -0.1) is 26.3 Å². The van der Waals surface area contributed by atoms with Crippen molar-refractivity contribution in [1.82, 2.24) is 20.8 Å². The van der Waals surface area contributed by atoms with Crippen molar-refractivity contribution in [1.29, 1.82) is 0 Å². The largest absolute Gasteiger partial charge is 0.573 e. The molecule has 0 aliphatic rings. The summed E-state index contributed by atoms with van der Waals surface area (Å²) in [4.78, 5) is 17.2. The minimum absolute atomic E-state index is 0.0306. The number of urea groups is 1. The number of carbonyl (C=O) groups is 1. The average Bonchev–Trinajstić information content (AvgIpc) is 3.24. The number of amides is 2. The van der Waals surface area contributed by atoms with E-state index in [9.17, 15) is 31.1 Å². The van der Waals surface area contributed by atoms with Crippen molar-refractivity contribution in [2.45, 2.75) is 57.8 Å². The Morgan fingerprint density at radius 2 is 1.49 bits per heavy atom. The molecule has 0 atom stereocenters. The van der Waals surface area contributed by atoms with E-state index in [1.807, 2.05) is 6.92 Å². The van der Waals surface area contributed by atoms with E-state index in [1.54, 1.807) is 0 Å². The highest BCUT2D eigenvalue weighted by Gasteiger charge is 2.40. The molecule has 212 valence electrons. The summed E-state index contributed by atoms with van der Waals surface area (Å²) in [6.07, 6.45) is -7.96. The third-order valence-electron chi connectivity index (χ3n) is 5.51. The summed E-state index contributed by atoms with van der Waals surface area (Å²) in [6, 6.07) is 8.71. The molecule has 0 fully saturated rings. The monoisotopic (exact) mass is 560 g/mol. The number of benzene rings is 2. The minimum atomic E-state index is -5.02. The number of unbranched alkanes of at least 4 members (excludes halogenated alkanes) is 2. The van der Waals surface area contributed by atoms with Crippen LogP contribution < -0.4 is 20.1 Å². The number of aryl methyl sites for hydroxylation is 1. The summed E-state index contributed by atoms with van der Waals surface area (Å²) < 4.78 is 91.2. The standard InChI is InChI=1S/C25H26F6N4O4/c1-3-4-5-12-32-22(36)34-23(15-21-33-16(2)39-35-21,17-8-6-10-19(13-17)37-24(26,27)28)18-9-7-11-20(14-18)38-25(29,30)31/h6-11,13-14H,3-5,12,15H2,1-2H3,(H2,32,34,36). The van der Waals surface area contributed by atoms with Gasteiger partial charge < -0.3 is 24.6 Å². The van der Waals surface area contributed by atoms with Gasteiger partial charge in [-0.1, -0.05) is 49.2 Å². The molecular formula is C25H26F6N4O4. The van der Waals surface area contributed by atoms with Crippen LogP contribution in [0.4, 0.5) is 31.1 Å². The van der Waals surface area contributed by atoms with Crippen LogP contribution >= 0.6 is 0 Å². The Hall–Kier alpha value is -3.97. The topological polar surface area (TPSA) is 98.5 Å². The van der Waals surface area contributed by atoms with Crippen LogP contribution in [0.5, 0.6) is 11.5 Å². The summed E-state index contributed by atoms with van der Waals surface area (Å²) in [5.74, 6) is -1.03. The molecule has 2 aromatic carbocycles. The predicted octanol–water partition coefficient (Wildman–Crippen LogP) is 6.15. The molecule has 0 radical (unpaired) electrons. The highest BCUT2D eigenvalue weighted by molar-refractivity contribution is 5.76. The van der Waals surface area contributed by atoms with Crippen LogP contribution in [0.25, 0.3) is 0 Å². The lowest BCUT2D eigenvalue weighted by Crippen LogP contribution is -2.52. The lowest BCUT2D eigenvalue weighted by molar-refractivity contribution is -0.275. The van der Waals surface area contributed by atoms with Gasteiger partial charge in [0.25, 0.3) is 0 Å². The Labute approximate surface area is 219 Å². The quantitative estimate of drug-likeness (QED) is 0.216. The minimum Gasteiger partial charge on any atom is -0.406 e. The van der Waals surface area contributed by atoms with Crippen LogP contribution in [0.15, 0.2) is 53.1 Å². The van der Waals surface area contributed by atoms with E-state index in [4.69, 9.17) is 4.52 Å². The first-order chi connectivity index (χ1) is 18.3. The zero-order valence-electron chi connectivity index (χ0n) is 20.9. The fourth-order valence-electron chi connectivity index (χ4n) is 3.94. The second kappa shape index (κ2) is 12.3. The first-order valence-electron chi connectivity index (χ1n) is 11.9. The molecule has 1 heterocycles. The lowest BCUT2D eigenvalue weighted by atomic mass is 9.79. The van der Waals surface area contributed by atoms with Crippen LogP contribution in [0, 0.1) is 6.92 Å². The average molecular weight is 560 g/mol. The third kappa shape index (κ3) is 8.79. The Bertz CT molecular complexity index is 1190. The van der Waals surface area contributed by atoms with Gasteiger partial charge in [0.05, 0.1) is 5.54 Å². The van der Waals surface area contributed by atoms with Gasteiger partial charge in [-0.3, -0.25) is 0 Å². The molecule has 8 nitrogen and oxygen atoms in total. The molecule has 0 saturated heterocycles. The molecule has 39 heavy (non-hydrogen) atoms. The molecule has 2 N–H and O–H groups in total. The Balaban J connectivity index is 2.17. The van der Waals surface area contributed by atoms with Crippen molar-refractivity contribution in [3.63, 3.8) is 0 Å². The van der Waals surface area contributed by atoms with Crippen molar-refractivity contribution in [2.75, 3.05) is 6.54 Å². The number of hydrogen-bond acceptors (Lipinski definition) is 6. The summed E-state index contributed by atoms with van der Waals surface area (Å²) in [6.45, 7) is 3.76. The first kappa shape index (κ1) is 29.6. The van der Waals surface area contributed by atoms with Crippen LogP contribution in [0.3, 0.4) is 0 Å². The van der Waals surface area contributed by atoms with E-state index in [0.717, 1.165) is 37.1 Å². The smallest absolute Gasteiger partial charge is 0.406 e. The Kier molecular flexibility index (Phi) is 9.30. The Morgan fingerprint density at radius 1 is 0.923 bits per heavy atom. The molecule has 0 aliphatic carbocycles. The molecule has 0 spiro atoms. The zero-order chi connectivity index (χ0) is 28.7. The van der Waals surface area contributed by atoms with Crippen molar-refractivity contribution < 1.29 is 45.1 Å². The van der Waals surface area contributed by atoms with Crippen LogP contribution in [0.1, 0.15) is 49.0 Å². The molecule has 0 aliphatic heterocycles.